The summed E-state index contributed by atoms with van der Waals surface area (Å²) in [5, 5.41) is 4.79. The van der Waals surface area contributed by atoms with Crippen LogP contribution >= 0.6 is 11.6 Å². The molecular formula is C20H19ClN2O4S. The van der Waals surface area contributed by atoms with Crippen LogP contribution in [-0.2, 0) is 20.0 Å². The third-order valence-electron chi connectivity index (χ3n) is 5.10. The van der Waals surface area contributed by atoms with Gasteiger partial charge in [0, 0.05) is 30.1 Å². The zero-order valence-electron chi connectivity index (χ0n) is 15.3. The molecule has 0 saturated carbocycles. The Bertz CT molecular complexity index is 1090. The number of benzene rings is 2. The van der Waals surface area contributed by atoms with Crippen molar-refractivity contribution in [1.29, 1.82) is 0 Å². The third kappa shape index (κ3) is 3.57. The van der Waals surface area contributed by atoms with Crippen molar-refractivity contribution in [1.82, 2.24) is 10.1 Å². The molecule has 1 saturated heterocycles. The highest BCUT2D eigenvalue weighted by Gasteiger charge is 2.41. The van der Waals surface area contributed by atoms with E-state index in [1.807, 2.05) is 24.3 Å². The molecular weight excluding hydrogens is 400 g/mol. The van der Waals surface area contributed by atoms with Crippen molar-refractivity contribution in [3.63, 3.8) is 0 Å². The largest absolute Gasteiger partial charge is 0.381 e. The standard InChI is InChI=1S/C20H19ClN2O4S/c1-28(24,25)17-7-5-14(6-8-17)18-22-19(27-23-18)20(9-11-26-12-10-20)15-3-2-4-16(21)13-15/h2-8,13H,9-12H2,1H3. The summed E-state index contributed by atoms with van der Waals surface area (Å²) in [6.45, 7) is 1.18. The molecule has 1 aliphatic heterocycles. The second kappa shape index (κ2) is 7.31. The minimum absolute atomic E-state index is 0.250. The van der Waals surface area contributed by atoms with Crippen LogP contribution in [0, 0.1) is 0 Å². The maximum Gasteiger partial charge on any atom is 0.237 e. The molecule has 1 fully saturated rings. The fraction of sp³-hybridized carbons (Fsp3) is 0.300. The summed E-state index contributed by atoms with van der Waals surface area (Å²) in [6, 6.07) is 14.1. The molecule has 28 heavy (non-hydrogen) atoms. The Kier molecular flexibility index (Phi) is 4.99. The minimum atomic E-state index is -3.25. The smallest absolute Gasteiger partial charge is 0.237 e. The molecule has 0 spiro atoms. The molecule has 0 bridgehead atoms. The minimum Gasteiger partial charge on any atom is -0.381 e. The van der Waals surface area contributed by atoms with Crippen molar-refractivity contribution in [2.24, 2.45) is 0 Å². The Morgan fingerprint density at radius 1 is 1.07 bits per heavy atom. The lowest BCUT2D eigenvalue weighted by Gasteiger charge is -2.34. The number of sulfone groups is 1. The van der Waals surface area contributed by atoms with E-state index in [0.717, 1.165) is 5.56 Å². The van der Waals surface area contributed by atoms with E-state index in [2.05, 4.69) is 10.1 Å². The van der Waals surface area contributed by atoms with E-state index >= 15 is 0 Å². The Labute approximate surface area is 168 Å². The zero-order valence-corrected chi connectivity index (χ0v) is 16.8. The summed E-state index contributed by atoms with van der Waals surface area (Å²) >= 11 is 6.22. The van der Waals surface area contributed by atoms with Gasteiger partial charge in [-0.05, 0) is 54.8 Å². The number of hydrogen-bond donors (Lipinski definition) is 0. The molecule has 1 aromatic heterocycles. The average Bonchev–Trinajstić information content (AvgIpc) is 3.19. The van der Waals surface area contributed by atoms with Gasteiger partial charge in [0.2, 0.25) is 11.7 Å². The topological polar surface area (TPSA) is 82.3 Å². The lowest BCUT2D eigenvalue weighted by molar-refractivity contribution is 0.0523. The maximum absolute atomic E-state index is 11.6. The van der Waals surface area contributed by atoms with Crippen molar-refractivity contribution >= 4 is 21.4 Å². The van der Waals surface area contributed by atoms with Gasteiger partial charge in [-0.1, -0.05) is 28.9 Å². The van der Waals surface area contributed by atoms with E-state index in [0.29, 0.717) is 48.4 Å². The van der Waals surface area contributed by atoms with Gasteiger partial charge in [0.25, 0.3) is 0 Å². The summed E-state index contributed by atoms with van der Waals surface area (Å²) in [4.78, 5) is 4.90. The summed E-state index contributed by atoms with van der Waals surface area (Å²) in [7, 11) is -3.25. The van der Waals surface area contributed by atoms with E-state index < -0.39 is 15.3 Å². The lowest BCUT2D eigenvalue weighted by Crippen LogP contribution is -2.35. The molecule has 0 aliphatic carbocycles. The second-order valence-corrected chi connectivity index (χ2v) is 9.38. The van der Waals surface area contributed by atoms with E-state index in [1.165, 1.54) is 6.26 Å². The molecule has 0 radical (unpaired) electrons. The zero-order chi connectivity index (χ0) is 19.8. The molecule has 2 aromatic carbocycles. The van der Waals surface area contributed by atoms with Crippen LogP contribution in [0.5, 0.6) is 0 Å². The van der Waals surface area contributed by atoms with Crippen LogP contribution in [0.2, 0.25) is 5.02 Å². The molecule has 4 rings (SSSR count). The van der Waals surface area contributed by atoms with E-state index in [4.69, 9.17) is 20.9 Å². The Morgan fingerprint density at radius 3 is 2.43 bits per heavy atom. The molecule has 0 atom stereocenters. The maximum atomic E-state index is 11.6. The average molecular weight is 419 g/mol. The Hall–Kier alpha value is -2.22. The van der Waals surface area contributed by atoms with Gasteiger partial charge < -0.3 is 9.26 Å². The molecule has 1 aliphatic rings. The number of halogens is 1. The van der Waals surface area contributed by atoms with Gasteiger partial charge in [-0.15, -0.1) is 0 Å². The van der Waals surface area contributed by atoms with Crippen molar-refractivity contribution in [3.05, 3.63) is 65.0 Å². The lowest BCUT2D eigenvalue weighted by atomic mass is 9.74. The Morgan fingerprint density at radius 2 is 1.79 bits per heavy atom. The Balaban J connectivity index is 1.73. The van der Waals surface area contributed by atoms with Crippen LogP contribution in [0.4, 0.5) is 0 Å². The van der Waals surface area contributed by atoms with Crippen LogP contribution < -0.4 is 0 Å². The van der Waals surface area contributed by atoms with Crippen LogP contribution in [0.1, 0.15) is 24.3 Å². The van der Waals surface area contributed by atoms with Crippen LogP contribution in [-0.4, -0.2) is 38.0 Å². The number of nitrogens with zero attached hydrogens (tertiary/aromatic N) is 2. The molecule has 8 heteroatoms. The van der Waals surface area contributed by atoms with Crippen molar-refractivity contribution in [2.75, 3.05) is 19.5 Å². The molecule has 0 unspecified atom stereocenters. The van der Waals surface area contributed by atoms with Gasteiger partial charge in [0.15, 0.2) is 9.84 Å². The first-order valence-corrected chi connectivity index (χ1v) is 11.1. The highest BCUT2D eigenvalue weighted by Crippen LogP contribution is 2.41. The molecule has 0 N–H and O–H groups in total. The van der Waals surface area contributed by atoms with Crippen molar-refractivity contribution in [2.45, 2.75) is 23.2 Å². The predicted octanol–water partition coefficient (Wildman–Crippen LogP) is 3.89. The number of ether oxygens (including phenoxy) is 1. The highest BCUT2D eigenvalue weighted by atomic mass is 35.5. The van der Waals surface area contributed by atoms with Gasteiger partial charge in [-0.25, -0.2) is 8.42 Å². The van der Waals surface area contributed by atoms with E-state index in [1.54, 1.807) is 24.3 Å². The summed E-state index contributed by atoms with van der Waals surface area (Å²) in [5.74, 6) is 0.934. The SMILES string of the molecule is CS(=O)(=O)c1ccc(-c2noc(C3(c4cccc(Cl)c4)CCOCC3)n2)cc1. The van der Waals surface area contributed by atoms with Crippen molar-refractivity contribution < 1.29 is 17.7 Å². The van der Waals surface area contributed by atoms with Crippen LogP contribution in [0.15, 0.2) is 57.9 Å². The molecule has 0 amide bonds. The predicted molar refractivity (Wildman–Crippen MR) is 105 cm³/mol. The second-order valence-electron chi connectivity index (χ2n) is 6.92. The number of aromatic nitrogens is 2. The van der Waals surface area contributed by atoms with Gasteiger partial charge in [-0.2, -0.15) is 4.98 Å². The summed E-state index contributed by atoms with van der Waals surface area (Å²) in [5.41, 5.74) is 1.25. The van der Waals surface area contributed by atoms with Crippen LogP contribution in [0.3, 0.4) is 0 Å². The van der Waals surface area contributed by atoms with Crippen molar-refractivity contribution in [3.8, 4) is 11.4 Å². The van der Waals surface area contributed by atoms with E-state index in [-0.39, 0.29) is 4.90 Å². The van der Waals surface area contributed by atoms with Crippen LogP contribution in [0.25, 0.3) is 11.4 Å². The quantitative estimate of drug-likeness (QED) is 0.639. The highest BCUT2D eigenvalue weighted by molar-refractivity contribution is 7.90. The fourth-order valence-electron chi connectivity index (χ4n) is 3.52. The molecule has 6 nitrogen and oxygen atoms in total. The first-order valence-electron chi connectivity index (χ1n) is 8.87. The number of hydrogen-bond acceptors (Lipinski definition) is 6. The molecule has 146 valence electrons. The van der Waals surface area contributed by atoms with Gasteiger partial charge >= 0.3 is 0 Å². The van der Waals surface area contributed by atoms with Gasteiger partial charge in [-0.3, -0.25) is 0 Å². The molecule has 2 heterocycles. The van der Waals surface area contributed by atoms with Gasteiger partial charge in [0.05, 0.1) is 10.3 Å². The fourth-order valence-corrected chi connectivity index (χ4v) is 4.34. The monoisotopic (exact) mass is 418 g/mol. The van der Waals surface area contributed by atoms with Gasteiger partial charge in [0.1, 0.15) is 0 Å². The first-order chi connectivity index (χ1) is 13.4. The normalized spacial score (nSPS) is 16.8. The number of rotatable bonds is 4. The summed E-state index contributed by atoms with van der Waals surface area (Å²) in [6.07, 6.45) is 2.60. The molecule has 3 aromatic rings. The summed E-state index contributed by atoms with van der Waals surface area (Å²) < 4.78 is 34.5. The first kappa shape index (κ1) is 19.1. The van der Waals surface area contributed by atoms with E-state index in [9.17, 15) is 8.42 Å². The third-order valence-corrected chi connectivity index (χ3v) is 6.46.